The minimum absolute atomic E-state index is 0.355. The minimum Gasteiger partial charge on any atom is -0.444 e. The predicted molar refractivity (Wildman–Crippen MR) is 87.5 cm³/mol. The highest BCUT2D eigenvalue weighted by atomic mass is 32.1. The van der Waals surface area contributed by atoms with Crippen molar-refractivity contribution in [1.82, 2.24) is 10.3 Å². The molecule has 0 spiro atoms. The lowest BCUT2D eigenvalue weighted by atomic mass is 10.00. The van der Waals surface area contributed by atoms with Crippen LogP contribution in [0, 0.1) is 0 Å². The first-order valence-electron chi connectivity index (χ1n) is 7.93. The number of amides is 1. The maximum Gasteiger partial charge on any atom is 0.407 e. The summed E-state index contributed by atoms with van der Waals surface area (Å²) in [5.74, 6) is 0.457. The number of hydrogen-bond donors (Lipinski definition) is 1. The topological polar surface area (TPSA) is 60.5 Å². The molecular formula is C16H26N2O3S. The monoisotopic (exact) mass is 326 g/mol. The van der Waals surface area contributed by atoms with E-state index in [9.17, 15) is 4.79 Å². The molecule has 0 radical (unpaired) electrons. The van der Waals surface area contributed by atoms with Gasteiger partial charge in [-0.05, 0) is 40.0 Å². The van der Waals surface area contributed by atoms with E-state index >= 15 is 0 Å². The van der Waals surface area contributed by atoms with Gasteiger partial charge in [0.2, 0.25) is 0 Å². The third-order valence-electron chi connectivity index (χ3n) is 3.38. The van der Waals surface area contributed by atoms with Gasteiger partial charge in [0.15, 0.2) is 0 Å². The Hall–Kier alpha value is -1.14. The van der Waals surface area contributed by atoms with Gasteiger partial charge in [-0.2, -0.15) is 0 Å². The summed E-state index contributed by atoms with van der Waals surface area (Å²) in [5, 5.41) is 6.06. The van der Waals surface area contributed by atoms with Crippen LogP contribution in [0.5, 0.6) is 0 Å². The Morgan fingerprint density at radius 2 is 2.36 bits per heavy atom. The van der Waals surface area contributed by atoms with Crippen molar-refractivity contribution >= 4 is 17.4 Å². The fourth-order valence-corrected chi connectivity index (χ4v) is 3.27. The van der Waals surface area contributed by atoms with E-state index in [1.807, 2.05) is 20.8 Å². The van der Waals surface area contributed by atoms with Gasteiger partial charge in [0.25, 0.3) is 0 Å². The number of rotatable bonds is 5. The Kier molecular flexibility index (Phi) is 6.20. The third-order valence-corrected chi connectivity index (χ3v) is 4.31. The van der Waals surface area contributed by atoms with Crippen molar-refractivity contribution in [2.45, 2.75) is 58.0 Å². The lowest BCUT2D eigenvalue weighted by Crippen LogP contribution is -2.33. The molecule has 2 heterocycles. The summed E-state index contributed by atoms with van der Waals surface area (Å²) in [4.78, 5) is 16.2. The number of alkyl carbamates (subject to hydrolysis) is 1. The quantitative estimate of drug-likeness (QED) is 0.841. The molecule has 1 atom stereocenters. The molecule has 1 aliphatic rings. The number of aryl methyl sites for hydroxylation is 1. The fourth-order valence-electron chi connectivity index (χ4n) is 2.35. The molecule has 22 heavy (non-hydrogen) atoms. The van der Waals surface area contributed by atoms with Crippen molar-refractivity contribution in [3.8, 4) is 0 Å². The van der Waals surface area contributed by atoms with Crippen LogP contribution in [0.4, 0.5) is 4.79 Å². The molecule has 1 saturated heterocycles. The molecule has 2 rings (SSSR count). The maximum absolute atomic E-state index is 11.5. The Morgan fingerprint density at radius 1 is 1.55 bits per heavy atom. The zero-order valence-corrected chi connectivity index (χ0v) is 14.5. The normalized spacial score (nSPS) is 19.0. The van der Waals surface area contributed by atoms with Crippen molar-refractivity contribution in [3.05, 3.63) is 16.1 Å². The van der Waals surface area contributed by atoms with Crippen LogP contribution in [0.1, 0.15) is 56.7 Å². The van der Waals surface area contributed by atoms with E-state index < -0.39 is 5.60 Å². The zero-order chi connectivity index (χ0) is 16.0. The van der Waals surface area contributed by atoms with Crippen molar-refractivity contribution in [2.75, 3.05) is 19.8 Å². The lowest BCUT2D eigenvalue weighted by molar-refractivity contribution is 0.0527. The second-order valence-corrected chi connectivity index (χ2v) is 7.56. The molecule has 124 valence electrons. The predicted octanol–water partition coefficient (Wildman–Crippen LogP) is 3.49. The zero-order valence-electron chi connectivity index (χ0n) is 13.7. The molecule has 1 aliphatic heterocycles. The summed E-state index contributed by atoms with van der Waals surface area (Å²) in [6, 6.07) is 0. The first kappa shape index (κ1) is 17.2. The van der Waals surface area contributed by atoms with Crippen LogP contribution in [0.25, 0.3) is 0 Å². The summed E-state index contributed by atoms with van der Waals surface area (Å²) in [6.07, 6.45) is 3.69. The third kappa shape index (κ3) is 5.93. The molecule has 1 amide bonds. The molecule has 0 bridgehead atoms. The molecule has 0 aromatic carbocycles. The number of nitrogens with one attached hydrogen (secondary N) is 1. The first-order chi connectivity index (χ1) is 10.4. The van der Waals surface area contributed by atoms with Crippen molar-refractivity contribution < 1.29 is 14.3 Å². The molecule has 0 unspecified atom stereocenters. The summed E-state index contributed by atoms with van der Waals surface area (Å²) in [7, 11) is 0. The van der Waals surface area contributed by atoms with Gasteiger partial charge in [0.1, 0.15) is 5.60 Å². The average Bonchev–Trinajstić information content (AvgIpc) is 2.91. The Bertz CT molecular complexity index is 476. The number of nitrogens with zero attached hydrogens (tertiary/aromatic N) is 1. The molecule has 1 aromatic heterocycles. The van der Waals surface area contributed by atoms with Gasteiger partial charge in [-0.1, -0.05) is 0 Å². The lowest BCUT2D eigenvalue weighted by Gasteiger charge is -2.20. The molecule has 1 aromatic rings. The highest BCUT2D eigenvalue weighted by Gasteiger charge is 2.19. The van der Waals surface area contributed by atoms with E-state index in [1.165, 1.54) is 12.1 Å². The van der Waals surface area contributed by atoms with Crippen LogP contribution in [-0.4, -0.2) is 36.4 Å². The van der Waals surface area contributed by atoms with Crippen LogP contribution < -0.4 is 5.32 Å². The maximum atomic E-state index is 11.5. The standard InChI is InChI=1S/C16H26N2O3S/c1-16(2,3)21-15(19)17-8-4-7-14-18-13(11-22-14)12-6-5-9-20-10-12/h11-12H,4-10H2,1-3H3,(H,17,19)/t12-/m1/s1. The summed E-state index contributed by atoms with van der Waals surface area (Å²) < 4.78 is 10.7. The van der Waals surface area contributed by atoms with E-state index in [2.05, 4.69) is 10.7 Å². The van der Waals surface area contributed by atoms with Crippen molar-refractivity contribution in [2.24, 2.45) is 0 Å². The van der Waals surface area contributed by atoms with Gasteiger partial charge in [0, 0.05) is 30.9 Å². The smallest absolute Gasteiger partial charge is 0.407 e. The van der Waals surface area contributed by atoms with E-state index in [0.717, 1.165) is 37.5 Å². The van der Waals surface area contributed by atoms with Crippen LogP contribution in [-0.2, 0) is 15.9 Å². The Labute approximate surface area is 136 Å². The number of hydrogen-bond acceptors (Lipinski definition) is 5. The van der Waals surface area contributed by atoms with Crippen LogP contribution in [0.2, 0.25) is 0 Å². The average molecular weight is 326 g/mol. The van der Waals surface area contributed by atoms with Gasteiger partial charge in [0.05, 0.1) is 17.3 Å². The molecule has 0 saturated carbocycles. The number of thiazole rings is 1. The summed E-state index contributed by atoms with van der Waals surface area (Å²) in [5.41, 5.74) is 0.718. The van der Waals surface area contributed by atoms with Gasteiger partial charge >= 0.3 is 6.09 Å². The highest BCUT2D eigenvalue weighted by molar-refractivity contribution is 7.09. The first-order valence-corrected chi connectivity index (χ1v) is 8.81. The minimum atomic E-state index is -0.448. The molecular weight excluding hydrogens is 300 g/mol. The number of aromatic nitrogens is 1. The van der Waals surface area contributed by atoms with E-state index in [4.69, 9.17) is 14.5 Å². The van der Waals surface area contributed by atoms with E-state index in [-0.39, 0.29) is 6.09 Å². The number of carbonyl (C=O) groups is 1. The van der Waals surface area contributed by atoms with Crippen LogP contribution >= 0.6 is 11.3 Å². The molecule has 5 nitrogen and oxygen atoms in total. The van der Waals surface area contributed by atoms with Crippen molar-refractivity contribution in [3.63, 3.8) is 0 Å². The highest BCUT2D eigenvalue weighted by Crippen LogP contribution is 2.26. The van der Waals surface area contributed by atoms with Crippen LogP contribution in [0.3, 0.4) is 0 Å². The van der Waals surface area contributed by atoms with Gasteiger partial charge in [-0.15, -0.1) is 11.3 Å². The Balaban J connectivity index is 1.67. The van der Waals surface area contributed by atoms with Gasteiger partial charge in [-0.3, -0.25) is 0 Å². The van der Waals surface area contributed by atoms with Gasteiger partial charge in [-0.25, -0.2) is 9.78 Å². The molecule has 1 N–H and O–H groups in total. The number of ether oxygens (including phenoxy) is 2. The summed E-state index contributed by atoms with van der Waals surface area (Å²) >= 11 is 1.70. The largest absolute Gasteiger partial charge is 0.444 e. The van der Waals surface area contributed by atoms with Crippen LogP contribution in [0.15, 0.2) is 5.38 Å². The second-order valence-electron chi connectivity index (χ2n) is 6.61. The van der Waals surface area contributed by atoms with E-state index in [0.29, 0.717) is 12.5 Å². The summed E-state index contributed by atoms with van der Waals surface area (Å²) in [6.45, 7) is 7.86. The Morgan fingerprint density at radius 3 is 3.05 bits per heavy atom. The fraction of sp³-hybridized carbons (Fsp3) is 0.750. The molecule has 0 aliphatic carbocycles. The molecule has 1 fully saturated rings. The van der Waals surface area contributed by atoms with Gasteiger partial charge < -0.3 is 14.8 Å². The second kappa shape index (κ2) is 7.92. The molecule has 6 heteroatoms. The van der Waals surface area contributed by atoms with Crippen molar-refractivity contribution in [1.29, 1.82) is 0 Å². The van der Waals surface area contributed by atoms with E-state index in [1.54, 1.807) is 11.3 Å². The number of carbonyl (C=O) groups excluding carboxylic acids is 1. The SMILES string of the molecule is CC(C)(C)OC(=O)NCCCc1nc([C@@H]2CCCOC2)cs1.